The molecule has 0 aliphatic carbocycles. The minimum atomic E-state index is -3.70. The van der Waals surface area contributed by atoms with Crippen molar-refractivity contribution in [2.75, 3.05) is 38.6 Å². The fourth-order valence-corrected chi connectivity index (χ4v) is 6.87. The molecule has 0 saturated carbocycles. The monoisotopic (exact) mass is 542 g/mol. The van der Waals surface area contributed by atoms with E-state index in [0.29, 0.717) is 30.1 Å². The van der Waals surface area contributed by atoms with Crippen LogP contribution in [0.2, 0.25) is 0 Å². The van der Waals surface area contributed by atoms with Crippen LogP contribution in [0, 0.1) is 0 Å². The number of anilines is 1. The van der Waals surface area contributed by atoms with E-state index in [0.717, 1.165) is 42.9 Å². The Morgan fingerprint density at radius 3 is 2.60 bits per heavy atom. The molecule has 1 fully saturated rings. The van der Waals surface area contributed by atoms with Crippen LogP contribution in [0.1, 0.15) is 50.9 Å². The molecular weight excluding hydrogens is 512 g/mol. The van der Waals surface area contributed by atoms with Crippen molar-refractivity contribution in [3.05, 3.63) is 45.8 Å². The number of nitrogens with zero attached hydrogens (tertiary/aromatic N) is 2. The summed E-state index contributed by atoms with van der Waals surface area (Å²) >= 11 is 1.37. The van der Waals surface area contributed by atoms with Gasteiger partial charge in [-0.1, -0.05) is 6.92 Å². The largest absolute Gasteiger partial charge is 0.377 e. The van der Waals surface area contributed by atoms with Gasteiger partial charge in [-0.05, 0) is 55.6 Å². The van der Waals surface area contributed by atoms with Crippen molar-refractivity contribution in [3.63, 3.8) is 0 Å². The van der Waals surface area contributed by atoms with E-state index in [4.69, 9.17) is 10.5 Å². The van der Waals surface area contributed by atoms with Gasteiger partial charge in [0.15, 0.2) is 0 Å². The standard InChI is InChI=1S/C23H30N4O5S2.ClH/c1-3-27-11-10-18-19(14-27)33-23(20(18)21(24)28)25-22(29)15-6-8-17(9-7-15)34(30,31)26(2)13-16-5-4-12-32-16;/h6-9,16H,3-5,10-14H2,1-2H3,(H2,24,28)(H,25,29);1H. The van der Waals surface area contributed by atoms with Gasteiger partial charge in [0, 0.05) is 43.7 Å². The number of carbonyl (C=O) groups is 2. The number of ether oxygens (including phenoxy) is 1. The Hall–Kier alpha value is -2.02. The van der Waals surface area contributed by atoms with E-state index in [1.165, 1.54) is 47.0 Å². The van der Waals surface area contributed by atoms with Crippen molar-refractivity contribution in [2.24, 2.45) is 5.73 Å². The molecule has 1 saturated heterocycles. The second-order valence-electron chi connectivity index (χ2n) is 8.59. The highest BCUT2D eigenvalue weighted by Crippen LogP contribution is 2.37. The summed E-state index contributed by atoms with van der Waals surface area (Å²) in [7, 11) is -2.17. The third-order valence-corrected chi connectivity index (χ3v) is 9.34. The molecule has 9 nitrogen and oxygen atoms in total. The maximum atomic E-state index is 12.9. The number of hydrogen-bond acceptors (Lipinski definition) is 7. The number of halogens is 1. The van der Waals surface area contributed by atoms with Gasteiger partial charge < -0.3 is 15.8 Å². The first-order chi connectivity index (χ1) is 16.2. The molecule has 1 atom stereocenters. The fourth-order valence-electron chi connectivity index (χ4n) is 4.38. The molecule has 2 amide bonds. The van der Waals surface area contributed by atoms with Crippen LogP contribution in [0.15, 0.2) is 29.2 Å². The summed E-state index contributed by atoms with van der Waals surface area (Å²) < 4.78 is 32.6. The maximum Gasteiger partial charge on any atom is 0.256 e. The van der Waals surface area contributed by atoms with Gasteiger partial charge in [-0.15, -0.1) is 23.7 Å². The number of nitrogens with two attached hydrogens (primary N) is 1. The zero-order chi connectivity index (χ0) is 24.5. The molecule has 1 aromatic heterocycles. The lowest BCUT2D eigenvalue weighted by Crippen LogP contribution is -2.34. The Balaban J connectivity index is 0.00000342. The Bertz CT molecular complexity index is 1180. The minimum Gasteiger partial charge on any atom is -0.377 e. The third kappa shape index (κ3) is 5.87. The summed E-state index contributed by atoms with van der Waals surface area (Å²) in [6, 6.07) is 5.78. The number of likely N-dealkylation sites (N-methyl/N-ethyl adjacent to an activating group) is 2. The zero-order valence-corrected chi connectivity index (χ0v) is 22.2. The predicted octanol–water partition coefficient (Wildman–Crippen LogP) is 2.70. The lowest BCUT2D eigenvalue weighted by Gasteiger charge is -2.25. The fraction of sp³-hybridized carbons (Fsp3) is 0.478. The molecule has 1 unspecified atom stereocenters. The van der Waals surface area contributed by atoms with E-state index in [1.54, 1.807) is 0 Å². The number of amides is 2. The van der Waals surface area contributed by atoms with Crippen molar-refractivity contribution in [1.29, 1.82) is 0 Å². The van der Waals surface area contributed by atoms with Crippen LogP contribution < -0.4 is 11.1 Å². The second kappa shape index (κ2) is 11.4. The van der Waals surface area contributed by atoms with Gasteiger partial charge in [-0.25, -0.2) is 8.42 Å². The van der Waals surface area contributed by atoms with Gasteiger partial charge >= 0.3 is 0 Å². The molecule has 2 aliphatic rings. The lowest BCUT2D eigenvalue weighted by molar-refractivity contribution is 0.0978. The molecule has 12 heteroatoms. The number of carbonyl (C=O) groups excluding carboxylic acids is 2. The van der Waals surface area contributed by atoms with Crippen LogP contribution in [-0.4, -0.2) is 68.8 Å². The summed E-state index contributed by atoms with van der Waals surface area (Å²) in [5, 5.41) is 3.25. The highest BCUT2D eigenvalue weighted by Gasteiger charge is 2.28. The molecular formula is C23H31ClN4O5S2. The van der Waals surface area contributed by atoms with Gasteiger partial charge in [0.1, 0.15) is 5.00 Å². The molecule has 0 radical (unpaired) electrons. The Morgan fingerprint density at radius 1 is 1.29 bits per heavy atom. The zero-order valence-electron chi connectivity index (χ0n) is 19.8. The van der Waals surface area contributed by atoms with Crippen LogP contribution in [0.4, 0.5) is 5.00 Å². The molecule has 4 rings (SSSR count). The summed E-state index contributed by atoms with van der Waals surface area (Å²) in [5.74, 6) is -0.987. The van der Waals surface area contributed by atoms with Gasteiger partial charge in [-0.3, -0.25) is 14.5 Å². The van der Waals surface area contributed by atoms with Crippen LogP contribution in [0.25, 0.3) is 0 Å². The number of fused-ring (bicyclic) bond motifs is 1. The molecule has 1 aromatic carbocycles. The number of sulfonamides is 1. The molecule has 0 bridgehead atoms. The molecule has 3 N–H and O–H groups in total. The number of benzene rings is 1. The number of hydrogen-bond donors (Lipinski definition) is 2. The van der Waals surface area contributed by atoms with Crippen LogP contribution in [0.5, 0.6) is 0 Å². The first kappa shape index (κ1) is 27.6. The lowest BCUT2D eigenvalue weighted by atomic mass is 10.0. The van der Waals surface area contributed by atoms with Gasteiger partial charge in [0.05, 0.1) is 16.6 Å². The van der Waals surface area contributed by atoms with E-state index >= 15 is 0 Å². The SMILES string of the molecule is CCN1CCc2c(sc(NC(=O)c3ccc(S(=O)(=O)N(C)CC4CCCO4)cc3)c2C(N)=O)C1.Cl. The van der Waals surface area contributed by atoms with Gasteiger partial charge in [0.25, 0.3) is 11.8 Å². The first-order valence-corrected chi connectivity index (χ1v) is 13.6. The summed E-state index contributed by atoms with van der Waals surface area (Å²) in [6.07, 6.45) is 2.39. The summed E-state index contributed by atoms with van der Waals surface area (Å²) in [6.45, 7) is 5.50. The quantitative estimate of drug-likeness (QED) is 0.529. The highest BCUT2D eigenvalue weighted by molar-refractivity contribution is 7.89. The number of rotatable bonds is 8. The van der Waals surface area contributed by atoms with Crippen LogP contribution in [-0.2, 0) is 27.7 Å². The Kier molecular flexibility index (Phi) is 8.95. The second-order valence-corrected chi connectivity index (χ2v) is 11.7. The highest BCUT2D eigenvalue weighted by atomic mass is 35.5. The van der Waals surface area contributed by atoms with Crippen molar-refractivity contribution < 1.29 is 22.7 Å². The van der Waals surface area contributed by atoms with Crippen molar-refractivity contribution in [1.82, 2.24) is 9.21 Å². The van der Waals surface area contributed by atoms with Crippen molar-refractivity contribution >= 4 is 50.6 Å². The smallest absolute Gasteiger partial charge is 0.256 e. The first-order valence-electron chi connectivity index (χ1n) is 11.4. The third-order valence-electron chi connectivity index (χ3n) is 6.37. The minimum absolute atomic E-state index is 0. The topological polar surface area (TPSA) is 122 Å². The van der Waals surface area contributed by atoms with E-state index in [9.17, 15) is 18.0 Å². The number of thiophene rings is 1. The molecule has 2 aromatic rings. The molecule has 192 valence electrons. The van der Waals surface area contributed by atoms with E-state index in [1.807, 2.05) is 0 Å². The molecule has 3 heterocycles. The molecule has 0 spiro atoms. The van der Waals surface area contributed by atoms with Gasteiger partial charge in [0.2, 0.25) is 10.0 Å². The van der Waals surface area contributed by atoms with Crippen molar-refractivity contribution in [3.8, 4) is 0 Å². The maximum absolute atomic E-state index is 12.9. The summed E-state index contributed by atoms with van der Waals surface area (Å²) in [5.41, 5.74) is 7.22. The number of primary amides is 1. The normalized spacial score (nSPS) is 18.2. The van der Waals surface area contributed by atoms with Crippen LogP contribution >= 0.6 is 23.7 Å². The number of nitrogens with one attached hydrogen (secondary N) is 1. The molecule has 2 aliphatic heterocycles. The Morgan fingerprint density at radius 2 is 2.00 bits per heavy atom. The van der Waals surface area contributed by atoms with Gasteiger partial charge in [-0.2, -0.15) is 4.31 Å². The van der Waals surface area contributed by atoms with Crippen molar-refractivity contribution in [2.45, 2.75) is 43.7 Å². The van der Waals surface area contributed by atoms with E-state index in [-0.39, 0.29) is 29.0 Å². The average Bonchev–Trinajstić information content (AvgIpc) is 3.45. The van der Waals surface area contributed by atoms with Crippen LogP contribution in [0.3, 0.4) is 0 Å². The predicted molar refractivity (Wildman–Crippen MR) is 138 cm³/mol. The molecule has 35 heavy (non-hydrogen) atoms. The van der Waals surface area contributed by atoms with E-state index < -0.39 is 21.8 Å². The average molecular weight is 543 g/mol. The summed E-state index contributed by atoms with van der Waals surface area (Å²) in [4.78, 5) is 28.5. The Labute approximate surface area is 216 Å². The van der Waals surface area contributed by atoms with E-state index in [2.05, 4.69) is 17.1 Å².